The lowest BCUT2D eigenvalue weighted by Gasteiger charge is -2.32. The zero-order valence-corrected chi connectivity index (χ0v) is 14.6. The number of aromatic nitrogens is 3. The lowest BCUT2D eigenvalue weighted by Crippen LogP contribution is -2.40. The number of carbonyl (C=O) groups excluding carboxylic acids is 1. The molecule has 1 saturated heterocycles. The Hall–Kier alpha value is -1.69. The van der Waals surface area contributed by atoms with E-state index in [1.807, 2.05) is 11.0 Å². The van der Waals surface area contributed by atoms with Crippen LogP contribution in [0.4, 0.5) is 0 Å². The highest BCUT2D eigenvalue weighted by Gasteiger charge is 2.28. The Labute approximate surface area is 141 Å². The van der Waals surface area contributed by atoms with E-state index in [0.717, 1.165) is 38.2 Å². The van der Waals surface area contributed by atoms with Crippen LogP contribution in [0.2, 0.25) is 0 Å². The van der Waals surface area contributed by atoms with Gasteiger partial charge in [-0.1, -0.05) is 6.07 Å². The number of piperidine rings is 1. The predicted molar refractivity (Wildman–Crippen MR) is 91.6 cm³/mol. The lowest BCUT2D eigenvalue weighted by molar-refractivity contribution is -0.132. The molecule has 1 atom stereocenters. The van der Waals surface area contributed by atoms with Crippen LogP contribution >= 0.6 is 11.3 Å². The van der Waals surface area contributed by atoms with Gasteiger partial charge in [-0.25, -0.2) is 0 Å². The van der Waals surface area contributed by atoms with Crippen molar-refractivity contribution in [2.24, 2.45) is 0 Å². The summed E-state index contributed by atoms with van der Waals surface area (Å²) in [5.41, 5.74) is 0. The molecule has 0 aliphatic carbocycles. The first-order valence-corrected chi connectivity index (χ1v) is 9.22. The van der Waals surface area contributed by atoms with Gasteiger partial charge in [-0.2, -0.15) is 0 Å². The molecule has 0 unspecified atom stereocenters. The molecule has 1 aliphatic heterocycles. The Bertz CT molecular complexity index is 635. The van der Waals surface area contributed by atoms with Gasteiger partial charge in [0.25, 0.3) is 0 Å². The largest absolute Gasteiger partial charge is 0.342 e. The number of hydrogen-bond donors (Lipinski definition) is 0. The number of carbonyl (C=O) groups is 1. The minimum atomic E-state index is 0.263. The van der Waals surface area contributed by atoms with Crippen LogP contribution in [-0.4, -0.2) is 38.7 Å². The maximum absolute atomic E-state index is 12.5. The fourth-order valence-corrected chi connectivity index (χ4v) is 3.91. The van der Waals surface area contributed by atoms with Gasteiger partial charge in [-0.05, 0) is 44.6 Å². The SMILES string of the molecule is CC(C)n1cnnc1[C@H]1CCCN(C(=O)CCc2cccs2)C1. The van der Waals surface area contributed by atoms with Crippen molar-refractivity contribution in [3.63, 3.8) is 0 Å². The van der Waals surface area contributed by atoms with Crippen LogP contribution in [0.25, 0.3) is 0 Å². The molecule has 3 heterocycles. The van der Waals surface area contributed by atoms with Crippen LogP contribution in [-0.2, 0) is 11.2 Å². The fourth-order valence-electron chi connectivity index (χ4n) is 3.20. The number of hydrogen-bond acceptors (Lipinski definition) is 4. The number of amides is 1. The standard InChI is InChI=1S/C17H24N4OS/c1-13(2)21-12-18-19-17(21)14-5-3-9-20(11-14)16(22)8-7-15-6-4-10-23-15/h4,6,10,12-14H,3,5,7-9,11H2,1-2H3/t14-/m0/s1. The third-order valence-electron chi connectivity index (χ3n) is 4.46. The molecule has 1 fully saturated rings. The van der Waals surface area contributed by atoms with E-state index in [9.17, 15) is 4.79 Å². The Kier molecular flexibility index (Phi) is 5.10. The highest BCUT2D eigenvalue weighted by Crippen LogP contribution is 2.27. The van der Waals surface area contributed by atoms with Crippen LogP contribution in [0.5, 0.6) is 0 Å². The highest BCUT2D eigenvalue weighted by atomic mass is 32.1. The van der Waals surface area contributed by atoms with Crippen molar-refractivity contribution < 1.29 is 4.79 Å². The molecule has 23 heavy (non-hydrogen) atoms. The third kappa shape index (κ3) is 3.80. The van der Waals surface area contributed by atoms with Gasteiger partial charge < -0.3 is 9.47 Å². The fraction of sp³-hybridized carbons (Fsp3) is 0.588. The van der Waals surface area contributed by atoms with E-state index in [-0.39, 0.29) is 5.91 Å². The van der Waals surface area contributed by atoms with Crippen molar-refractivity contribution in [1.82, 2.24) is 19.7 Å². The second-order valence-corrected chi connectivity index (χ2v) is 7.48. The average molecular weight is 332 g/mol. The molecule has 124 valence electrons. The van der Waals surface area contributed by atoms with Gasteiger partial charge >= 0.3 is 0 Å². The molecule has 3 rings (SSSR count). The summed E-state index contributed by atoms with van der Waals surface area (Å²) in [5.74, 6) is 1.59. The molecule has 1 aliphatic rings. The molecule has 5 nitrogen and oxygen atoms in total. The number of likely N-dealkylation sites (tertiary alicyclic amines) is 1. The quantitative estimate of drug-likeness (QED) is 0.844. The summed E-state index contributed by atoms with van der Waals surface area (Å²) < 4.78 is 2.13. The molecular formula is C17H24N4OS. The van der Waals surface area contributed by atoms with E-state index >= 15 is 0 Å². The summed E-state index contributed by atoms with van der Waals surface area (Å²) >= 11 is 1.72. The third-order valence-corrected chi connectivity index (χ3v) is 5.40. The van der Waals surface area contributed by atoms with Crippen LogP contribution in [0.3, 0.4) is 0 Å². The second-order valence-electron chi connectivity index (χ2n) is 6.45. The van der Waals surface area contributed by atoms with E-state index < -0.39 is 0 Å². The Morgan fingerprint density at radius 2 is 2.35 bits per heavy atom. The molecule has 1 amide bonds. The first-order valence-electron chi connectivity index (χ1n) is 8.34. The van der Waals surface area contributed by atoms with Gasteiger partial charge in [-0.3, -0.25) is 4.79 Å². The molecular weight excluding hydrogens is 308 g/mol. The monoisotopic (exact) mass is 332 g/mol. The molecule has 0 radical (unpaired) electrons. The first kappa shape index (κ1) is 16.2. The minimum Gasteiger partial charge on any atom is -0.342 e. The molecule has 0 spiro atoms. The van der Waals surface area contributed by atoms with Crippen molar-refractivity contribution in [1.29, 1.82) is 0 Å². The lowest BCUT2D eigenvalue weighted by atomic mass is 9.96. The van der Waals surface area contributed by atoms with Crippen LogP contribution < -0.4 is 0 Å². The molecule has 6 heteroatoms. The van der Waals surface area contributed by atoms with Crippen molar-refractivity contribution in [2.45, 2.75) is 51.5 Å². The summed E-state index contributed by atoms with van der Waals surface area (Å²) in [5, 5.41) is 10.5. The summed E-state index contributed by atoms with van der Waals surface area (Å²) in [6.45, 7) is 5.92. The zero-order valence-electron chi connectivity index (χ0n) is 13.8. The molecule has 0 N–H and O–H groups in total. The van der Waals surface area contributed by atoms with Gasteiger partial charge in [0.2, 0.25) is 5.91 Å². The Morgan fingerprint density at radius 3 is 3.09 bits per heavy atom. The smallest absolute Gasteiger partial charge is 0.222 e. The maximum Gasteiger partial charge on any atom is 0.222 e. The molecule has 2 aromatic rings. The minimum absolute atomic E-state index is 0.263. The predicted octanol–water partition coefficient (Wildman–Crippen LogP) is 3.26. The molecule has 2 aromatic heterocycles. The second kappa shape index (κ2) is 7.25. The topological polar surface area (TPSA) is 51.0 Å². The van der Waals surface area contributed by atoms with E-state index in [4.69, 9.17) is 0 Å². The van der Waals surface area contributed by atoms with Crippen LogP contribution in [0, 0.1) is 0 Å². The number of rotatable bonds is 5. The number of aryl methyl sites for hydroxylation is 1. The summed E-state index contributed by atoms with van der Waals surface area (Å²) in [6.07, 6.45) is 5.38. The molecule has 0 aromatic carbocycles. The van der Waals surface area contributed by atoms with Gasteiger partial charge in [0, 0.05) is 36.3 Å². The van der Waals surface area contributed by atoms with Crippen LogP contribution in [0.15, 0.2) is 23.8 Å². The molecule has 0 saturated carbocycles. The van der Waals surface area contributed by atoms with Crippen molar-refractivity contribution in [3.8, 4) is 0 Å². The zero-order chi connectivity index (χ0) is 16.2. The Balaban J connectivity index is 1.61. The normalized spacial score (nSPS) is 18.6. The highest BCUT2D eigenvalue weighted by molar-refractivity contribution is 7.09. The van der Waals surface area contributed by atoms with Gasteiger partial charge in [0.15, 0.2) is 0 Å². The maximum atomic E-state index is 12.5. The molecule has 0 bridgehead atoms. The van der Waals surface area contributed by atoms with Crippen molar-refractivity contribution >= 4 is 17.2 Å². The summed E-state index contributed by atoms with van der Waals surface area (Å²) in [6, 6.07) is 4.49. The van der Waals surface area contributed by atoms with Crippen molar-refractivity contribution in [3.05, 3.63) is 34.5 Å². The Morgan fingerprint density at radius 1 is 1.48 bits per heavy atom. The number of nitrogens with zero attached hydrogens (tertiary/aromatic N) is 4. The van der Waals surface area contributed by atoms with Crippen LogP contribution in [0.1, 0.15) is 55.8 Å². The number of thiophene rings is 1. The van der Waals surface area contributed by atoms with Gasteiger partial charge in [-0.15, -0.1) is 21.5 Å². The summed E-state index contributed by atoms with van der Waals surface area (Å²) in [7, 11) is 0. The van der Waals surface area contributed by atoms with E-state index in [1.54, 1.807) is 17.7 Å². The first-order chi connectivity index (χ1) is 11.1. The van der Waals surface area contributed by atoms with Gasteiger partial charge in [0.1, 0.15) is 12.2 Å². The van der Waals surface area contributed by atoms with E-state index in [1.165, 1.54) is 4.88 Å². The van der Waals surface area contributed by atoms with Crippen molar-refractivity contribution in [2.75, 3.05) is 13.1 Å². The summed E-state index contributed by atoms with van der Waals surface area (Å²) in [4.78, 5) is 15.8. The van der Waals surface area contributed by atoms with E-state index in [0.29, 0.717) is 18.4 Å². The van der Waals surface area contributed by atoms with E-state index in [2.05, 4.69) is 40.1 Å². The average Bonchev–Trinajstić information content (AvgIpc) is 3.24. The van der Waals surface area contributed by atoms with Gasteiger partial charge in [0.05, 0.1) is 0 Å².